The average Bonchev–Trinajstić information content (AvgIpc) is 2.60. The second kappa shape index (κ2) is 8.23. The lowest BCUT2D eigenvalue weighted by Crippen LogP contribution is -2.12. The lowest BCUT2D eigenvalue weighted by molar-refractivity contribution is 0.102. The zero-order chi connectivity index (χ0) is 17.5. The number of carbonyl (C=O) groups excluding carboxylic acids is 1. The van der Waals surface area contributed by atoms with E-state index >= 15 is 0 Å². The Bertz CT molecular complexity index is 767. The largest absolute Gasteiger partial charge is 0.493 e. The highest BCUT2D eigenvalue weighted by atomic mass is 35.5. The van der Waals surface area contributed by atoms with Gasteiger partial charge in [-0.15, -0.1) is 0 Å². The Morgan fingerprint density at radius 3 is 2.58 bits per heavy atom. The van der Waals surface area contributed by atoms with Crippen molar-refractivity contribution in [3.8, 4) is 17.6 Å². The Morgan fingerprint density at radius 1 is 1.29 bits per heavy atom. The summed E-state index contributed by atoms with van der Waals surface area (Å²) in [7, 11) is 1.49. The first-order chi connectivity index (χ1) is 11.6. The maximum Gasteiger partial charge on any atom is 0.255 e. The van der Waals surface area contributed by atoms with Crippen molar-refractivity contribution in [3.05, 3.63) is 52.5 Å². The Morgan fingerprint density at radius 2 is 2.00 bits per heavy atom. The number of benzene rings is 2. The molecule has 0 fully saturated rings. The Hall–Kier alpha value is -2.71. The maximum absolute atomic E-state index is 12.4. The van der Waals surface area contributed by atoms with Crippen LogP contribution < -0.4 is 14.8 Å². The van der Waals surface area contributed by atoms with Gasteiger partial charge in [0.05, 0.1) is 30.4 Å². The number of hydrogen-bond donors (Lipinski definition) is 1. The van der Waals surface area contributed by atoms with Gasteiger partial charge in [0.2, 0.25) is 0 Å². The van der Waals surface area contributed by atoms with Gasteiger partial charge in [0.15, 0.2) is 11.5 Å². The van der Waals surface area contributed by atoms with E-state index in [1.807, 2.05) is 13.0 Å². The van der Waals surface area contributed by atoms with E-state index in [4.69, 9.17) is 26.3 Å². The Balaban J connectivity index is 2.22. The van der Waals surface area contributed by atoms with E-state index in [0.717, 1.165) is 6.42 Å². The van der Waals surface area contributed by atoms with E-state index in [2.05, 4.69) is 5.32 Å². The molecule has 0 aliphatic carbocycles. The fourth-order valence-electron chi connectivity index (χ4n) is 2.03. The molecule has 0 bridgehead atoms. The predicted molar refractivity (Wildman–Crippen MR) is 92.9 cm³/mol. The molecule has 0 aliphatic heterocycles. The minimum atomic E-state index is -0.332. The first kappa shape index (κ1) is 17.6. The molecule has 0 radical (unpaired) electrons. The van der Waals surface area contributed by atoms with Gasteiger partial charge in [-0.1, -0.05) is 18.5 Å². The van der Waals surface area contributed by atoms with Crippen LogP contribution in [-0.4, -0.2) is 19.6 Å². The van der Waals surface area contributed by atoms with Crippen molar-refractivity contribution >= 4 is 23.2 Å². The highest BCUT2D eigenvalue weighted by molar-refractivity contribution is 6.32. The minimum absolute atomic E-state index is 0.313. The second-order valence-corrected chi connectivity index (χ2v) is 5.39. The highest BCUT2D eigenvalue weighted by Crippen LogP contribution is 2.36. The van der Waals surface area contributed by atoms with Crippen molar-refractivity contribution in [2.24, 2.45) is 0 Å². The third kappa shape index (κ3) is 4.18. The monoisotopic (exact) mass is 344 g/mol. The van der Waals surface area contributed by atoms with Crippen molar-refractivity contribution in [2.75, 3.05) is 19.0 Å². The molecule has 0 heterocycles. The van der Waals surface area contributed by atoms with Gasteiger partial charge in [0.25, 0.3) is 5.91 Å². The SMILES string of the molecule is CCCOc1c(Cl)cc(C(=O)Nc2ccc(C#N)cc2)cc1OC. The van der Waals surface area contributed by atoms with Crippen molar-refractivity contribution in [1.82, 2.24) is 0 Å². The molecule has 0 saturated carbocycles. The number of amides is 1. The van der Waals surface area contributed by atoms with Crippen LogP contribution in [0.5, 0.6) is 11.5 Å². The smallest absolute Gasteiger partial charge is 0.255 e. The minimum Gasteiger partial charge on any atom is -0.493 e. The molecule has 2 aromatic rings. The molecule has 0 aliphatic rings. The number of rotatable bonds is 6. The van der Waals surface area contributed by atoms with Crippen LogP contribution in [0.25, 0.3) is 0 Å². The molecular formula is C18H17ClN2O3. The second-order valence-electron chi connectivity index (χ2n) is 4.98. The van der Waals surface area contributed by atoms with E-state index in [1.54, 1.807) is 30.3 Å². The summed E-state index contributed by atoms with van der Waals surface area (Å²) >= 11 is 6.21. The molecule has 124 valence electrons. The molecular weight excluding hydrogens is 328 g/mol. The summed E-state index contributed by atoms with van der Waals surface area (Å²) in [6.07, 6.45) is 0.834. The fraction of sp³-hybridized carbons (Fsp3) is 0.222. The van der Waals surface area contributed by atoms with E-state index in [1.165, 1.54) is 13.2 Å². The fourth-order valence-corrected chi connectivity index (χ4v) is 2.29. The summed E-state index contributed by atoms with van der Waals surface area (Å²) in [6.45, 7) is 2.49. The number of nitriles is 1. The molecule has 1 N–H and O–H groups in total. The van der Waals surface area contributed by atoms with Crippen LogP contribution in [0.2, 0.25) is 5.02 Å². The molecule has 0 unspecified atom stereocenters. The standard InChI is InChI=1S/C18H17ClN2O3/c1-3-8-24-17-15(19)9-13(10-16(17)23-2)18(22)21-14-6-4-12(11-20)5-7-14/h4-7,9-10H,3,8H2,1-2H3,(H,21,22). The van der Waals surface area contributed by atoms with Crippen molar-refractivity contribution < 1.29 is 14.3 Å². The molecule has 24 heavy (non-hydrogen) atoms. The quantitative estimate of drug-likeness (QED) is 0.849. The summed E-state index contributed by atoms with van der Waals surface area (Å²) in [6, 6.07) is 11.7. The maximum atomic E-state index is 12.4. The van der Waals surface area contributed by atoms with Gasteiger partial charge in [0, 0.05) is 11.3 Å². The molecule has 0 aromatic heterocycles. The molecule has 0 spiro atoms. The summed E-state index contributed by atoms with van der Waals surface area (Å²) in [5.74, 6) is 0.499. The third-order valence-electron chi connectivity index (χ3n) is 3.21. The topological polar surface area (TPSA) is 71.3 Å². The summed E-state index contributed by atoms with van der Waals surface area (Å²) < 4.78 is 10.8. The van der Waals surface area contributed by atoms with Crippen LogP contribution in [0.15, 0.2) is 36.4 Å². The highest BCUT2D eigenvalue weighted by Gasteiger charge is 2.16. The van der Waals surface area contributed by atoms with Gasteiger partial charge in [0.1, 0.15) is 0 Å². The first-order valence-corrected chi connectivity index (χ1v) is 7.78. The Kier molecular flexibility index (Phi) is 6.05. The zero-order valence-electron chi connectivity index (χ0n) is 13.4. The molecule has 1 amide bonds. The van der Waals surface area contributed by atoms with E-state index in [9.17, 15) is 4.79 Å². The van der Waals surface area contributed by atoms with Gasteiger partial charge in [-0.25, -0.2) is 0 Å². The molecule has 6 heteroatoms. The number of nitrogens with zero attached hydrogens (tertiary/aromatic N) is 1. The number of ether oxygens (including phenoxy) is 2. The lowest BCUT2D eigenvalue weighted by atomic mass is 10.1. The van der Waals surface area contributed by atoms with Gasteiger partial charge in [-0.2, -0.15) is 5.26 Å². The van der Waals surface area contributed by atoms with E-state index < -0.39 is 0 Å². The molecule has 0 saturated heterocycles. The lowest BCUT2D eigenvalue weighted by Gasteiger charge is -2.14. The van der Waals surface area contributed by atoms with Crippen LogP contribution in [0.3, 0.4) is 0 Å². The van der Waals surface area contributed by atoms with Gasteiger partial charge >= 0.3 is 0 Å². The summed E-state index contributed by atoms with van der Waals surface area (Å²) in [5.41, 5.74) is 1.46. The molecule has 5 nitrogen and oxygen atoms in total. The van der Waals surface area contributed by atoms with Gasteiger partial charge < -0.3 is 14.8 Å². The van der Waals surface area contributed by atoms with Gasteiger partial charge in [-0.05, 0) is 42.8 Å². The predicted octanol–water partition coefficient (Wildman–Crippen LogP) is 4.26. The summed E-state index contributed by atoms with van der Waals surface area (Å²) in [4.78, 5) is 12.4. The number of nitrogens with one attached hydrogen (secondary N) is 1. The molecule has 2 rings (SSSR count). The number of carbonyl (C=O) groups is 1. The number of anilines is 1. The molecule has 2 aromatic carbocycles. The average molecular weight is 345 g/mol. The number of halogens is 1. The van der Waals surface area contributed by atoms with E-state index in [-0.39, 0.29) is 5.91 Å². The van der Waals surface area contributed by atoms with Crippen molar-refractivity contribution in [1.29, 1.82) is 5.26 Å². The van der Waals surface area contributed by atoms with Crippen molar-refractivity contribution in [2.45, 2.75) is 13.3 Å². The van der Waals surface area contributed by atoms with Crippen molar-refractivity contribution in [3.63, 3.8) is 0 Å². The normalized spacial score (nSPS) is 9.92. The third-order valence-corrected chi connectivity index (χ3v) is 3.49. The van der Waals surface area contributed by atoms with Crippen LogP contribution in [-0.2, 0) is 0 Å². The number of hydrogen-bond acceptors (Lipinski definition) is 4. The van der Waals surface area contributed by atoms with Gasteiger partial charge in [-0.3, -0.25) is 4.79 Å². The first-order valence-electron chi connectivity index (χ1n) is 7.41. The summed E-state index contributed by atoms with van der Waals surface area (Å²) in [5, 5.41) is 11.8. The zero-order valence-corrected chi connectivity index (χ0v) is 14.2. The van der Waals surface area contributed by atoms with E-state index in [0.29, 0.717) is 39.9 Å². The molecule has 0 atom stereocenters. The Labute approximate surface area is 145 Å². The number of methoxy groups -OCH3 is 1. The van der Waals surface area contributed by atoms with Crippen LogP contribution in [0.1, 0.15) is 29.3 Å². The van der Waals surface area contributed by atoms with Crippen LogP contribution >= 0.6 is 11.6 Å². The van der Waals surface area contributed by atoms with Crippen LogP contribution in [0.4, 0.5) is 5.69 Å². The van der Waals surface area contributed by atoms with Crippen LogP contribution in [0, 0.1) is 11.3 Å².